The maximum atomic E-state index is 11.4. The highest BCUT2D eigenvalue weighted by Crippen LogP contribution is 2.24. The molecule has 0 spiro atoms. The fourth-order valence-electron chi connectivity index (χ4n) is 1.74. The summed E-state index contributed by atoms with van der Waals surface area (Å²) in [5.74, 6) is -0.368. The molecular formula is C12H13NO2. The van der Waals surface area contributed by atoms with E-state index in [1.807, 2.05) is 30.3 Å². The van der Waals surface area contributed by atoms with E-state index in [-0.39, 0.29) is 11.9 Å². The van der Waals surface area contributed by atoms with E-state index in [0.29, 0.717) is 13.0 Å². The van der Waals surface area contributed by atoms with Crippen LogP contribution < -0.4 is 5.73 Å². The van der Waals surface area contributed by atoms with Crippen LogP contribution in [0.4, 0.5) is 0 Å². The lowest BCUT2D eigenvalue weighted by atomic mass is 9.94. The Morgan fingerprint density at radius 2 is 2.13 bits per heavy atom. The van der Waals surface area contributed by atoms with Crippen molar-refractivity contribution in [2.45, 2.75) is 6.42 Å². The van der Waals surface area contributed by atoms with Gasteiger partial charge in [-0.05, 0) is 23.8 Å². The second-order valence-corrected chi connectivity index (χ2v) is 3.59. The molecule has 1 heterocycles. The van der Waals surface area contributed by atoms with E-state index < -0.39 is 0 Å². The zero-order valence-electron chi connectivity index (χ0n) is 8.35. The topological polar surface area (TPSA) is 52.3 Å². The van der Waals surface area contributed by atoms with Crippen molar-refractivity contribution in [3.8, 4) is 0 Å². The Balaban J connectivity index is 2.14. The Bertz CT molecular complexity index is 384. The summed E-state index contributed by atoms with van der Waals surface area (Å²) in [5.41, 5.74) is 7.45. The summed E-state index contributed by atoms with van der Waals surface area (Å²) in [7, 11) is 0. The third-order valence-electron chi connectivity index (χ3n) is 2.61. The Morgan fingerprint density at radius 3 is 2.80 bits per heavy atom. The number of carbonyl (C=O) groups is 1. The van der Waals surface area contributed by atoms with Crippen LogP contribution >= 0.6 is 0 Å². The van der Waals surface area contributed by atoms with Crippen molar-refractivity contribution in [2.24, 2.45) is 11.7 Å². The van der Waals surface area contributed by atoms with Crippen molar-refractivity contribution in [1.29, 1.82) is 0 Å². The van der Waals surface area contributed by atoms with Crippen LogP contribution in [0, 0.1) is 5.92 Å². The van der Waals surface area contributed by atoms with Crippen molar-refractivity contribution < 1.29 is 9.53 Å². The molecule has 0 saturated carbocycles. The number of hydrogen-bond donors (Lipinski definition) is 1. The number of ether oxygens (including phenoxy) is 1. The molecule has 2 N–H and O–H groups in total. The van der Waals surface area contributed by atoms with Crippen LogP contribution in [0.3, 0.4) is 0 Å². The summed E-state index contributed by atoms with van der Waals surface area (Å²) in [5, 5.41) is 0. The van der Waals surface area contributed by atoms with Crippen molar-refractivity contribution in [3.05, 3.63) is 47.7 Å². The van der Waals surface area contributed by atoms with Crippen molar-refractivity contribution in [1.82, 2.24) is 0 Å². The monoisotopic (exact) mass is 203 g/mol. The molecule has 1 unspecified atom stereocenters. The van der Waals surface area contributed by atoms with Crippen LogP contribution in [0.2, 0.25) is 0 Å². The third-order valence-corrected chi connectivity index (χ3v) is 2.61. The number of hydrogen-bond acceptors (Lipinski definition) is 3. The molecule has 1 aliphatic rings. The molecular weight excluding hydrogens is 190 g/mol. The number of nitrogens with two attached hydrogens (primary N) is 1. The van der Waals surface area contributed by atoms with Gasteiger partial charge in [0.15, 0.2) is 0 Å². The first kappa shape index (κ1) is 9.77. The second-order valence-electron chi connectivity index (χ2n) is 3.59. The van der Waals surface area contributed by atoms with Gasteiger partial charge in [-0.2, -0.15) is 0 Å². The third kappa shape index (κ3) is 2.01. The van der Waals surface area contributed by atoms with Gasteiger partial charge in [-0.25, -0.2) is 0 Å². The molecule has 1 atom stereocenters. The molecule has 0 aromatic heterocycles. The summed E-state index contributed by atoms with van der Waals surface area (Å²) in [6.45, 7) is 0.340. The first-order valence-electron chi connectivity index (χ1n) is 4.92. The predicted molar refractivity (Wildman–Crippen MR) is 56.9 cm³/mol. The predicted octanol–water partition coefficient (Wildman–Crippen LogP) is 1.24. The van der Waals surface area contributed by atoms with Gasteiger partial charge in [-0.3, -0.25) is 4.79 Å². The molecule has 78 valence electrons. The molecule has 1 saturated heterocycles. The molecule has 0 bridgehead atoms. The fourth-order valence-corrected chi connectivity index (χ4v) is 1.74. The van der Waals surface area contributed by atoms with Crippen molar-refractivity contribution in [2.75, 3.05) is 6.61 Å². The Labute approximate surface area is 88.5 Å². The zero-order chi connectivity index (χ0) is 10.7. The number of cyclic esters (lactones) is 1. The minimum Gasteiger partial charge on any atom is -0.461 e. The lowest BCUT2D eigenvalue weighted by Crippen LogP contribution is -2.13. The minimum absolute atomic E-state index is 0.171. The molecule has 0 amide bonds. The zero-order valence-corrected chi connectivity index (χ0v) is 8.35. The molecule has 1 aromatic carbocycles. The molecule has 0 aliphatic carbocycles. The van der Waals surface area contributed by atoms with Gasteiger partial charge in [0, 0.05) is 0 Å². The average Bonchev–Trinajstić information content (AvgIpc) is 2.62. The van der Waals surface area contributed by atoms with Gasteiger partial charge < -0.3 is 10.5 Å². The summed E-state index contributed by atoms with van der Waals surface area (Å²) >= 11 is 0. The van der Waals surface area contributed by atoms with E-state index in [1.165, 1.54) is 6.20 Å². The normalized spacial score (nSPS) is 23.1. The molecule has 3 heteroatoms. The highest BCUT2D eigenvalue weighted by molar-refractivity contribution is 5.79. The molecule has 0 radical (unpaired) electrons. The van der Waals surface area contributed by atoms with E-state index in [0.717, 1.165) is 11.1 Å². The fraction of sp³-hybridized carbons (Fsp3) is 0.250. The lowest BCUT2D eigenvalue weighted by Gasteiger charge is -2.06. The molecule has 1 aromatic rings. The van der Waals surface area contributed by atoms with Gasteiger partial charge in [-0.1, -0.05) is 30.3 Å². The SMILES string of the molecule is NC=C1COC(=O)C1Cc1ccccc1. The van der Waals surface area contributed by atoms with Crippen molar-refractivity contribution in [3.63, 3.8) is 0 Å². The van der Waals surface area contributed by atoms with Gasteiger partial charge >= 0.3 is 5.97 Å². The van der Waals surface area contributed by atoms with E-state index in [2.05, 4.69) is 0 Å². The lowest BCUT2D eigenvalue weighted by molar-refractivity contribution is -0.141. The van der Waals surface area contributed by atoms with Gasteiger partial charge in [0.05, 0.1) is 5.92 Å². The van der Waals surface area contributed by atoms with E-state index in [4.69, 9.17) is 10.5 Å². The van der Waals surface area contributed by atoms with E-state index in [1.54, 1.807) is 0 Å². The van der Waals surface area contributed by atoms with Crippen LogP contribution in [0.25, 0.3) is 0 Å². The van der Waals surface area contributed by atoms with Gasteiger partial charge in [0.1, 0.15) is 6.61 Å². The van der Waals surface area contributed by atoms with Crippen LogP contribution in [0.1, 0.15) is 5.56 Å². The van der Waals surface area contributed by atoms with Crippen LogP contribution in [-0.2, 0) is 16.0 Å². The Morgan fingerprint density at radius 1 is 1.40 bits per heavy atom. The largest absolute Gasteiger partial charge is 0.461 e. The first-order valence-corrected chi connectivity index (χ1v) is 4.92. The molecule has 1 fully saturated rings. The van der Waals surface area contributed by atoms with E-state index in [9.17, 15) is 4.79 Å². The highest BCUT2D eigenvalue weighted by Gasteiger charge is 2.31. The van der Waals surface area contributed by atoms with Crippen molar-refractivity contribution >= 4 is 5.97 Å². The van der Waals surface area contributed by atoms with E-state index >= 15 is 0 Å². The number of rotatable bonds is 2. The van der Waals surface area contributed by atoms with Gasteiger partial charge in [0.25, 0.3) is 0 Å². The second kappa shape index (κ2) is 4.17. The quantitative estimate of drug-likeness (QED) is 0.736. The van der Waals surface area contributed by atoms with Gasteiger partial charge in [-0.15, -0.1) is 0 Å². The summed E-state index contributed by atoms with van der Waals surface area (Å²) in [6, 6.07) is 9.87. The maximum absolute atomic E-state index is 11.4. The minimum atomic E-state index is -0.197. The molecule has 3 nitrogen and oxygen atoms in total. The smallest absolute Gasteiger partial charge is 0.313 e. The van der Waals surface area contributed by atoms with Crippen LogP contribution in [0.15, 0.2) is 42.1 Å². The molecule has 1 aliphatic heterocycles. The average molecular weight is 203 g/mol. The summed E-state index contributed by atoms with van der Waals surface area (Å²) < 4.78 is 4.95. The number of esters is 1. The summed E-state index contributed by atoms with van der Waals surface area (Å²) in [6.07, 6.45) is 2.15. The Hall–Kier alpha value is -1.77. The number of benzene rings is 1. The molecule has 15 heavy (non-hydrogen) atoms. The van der Waals surface area contributed by atoms with Crippen LogP contribution in [0.5, 0.6) is 0 Å². The Kier molecular flexibility index (Phi) is 2.72. The van der Waals surface area contributed by atoms with Gasteiger partial charge in [0.2, 0.25) is 0 Å². The number of carbonyl (C=O) groups excluding carboxylic acids is 1. The highest BCUT2D eigenvalue weighted by atomic mass is 16.5. The maximum Gasteiger partial charge on any atom is 0.313 e. The molecule has 2 rings (SSSR count). The standard InChI is InChI=1S/C12H13NO2/c13-7-10-8-15-12(14)11(10)6-9-4-2-1-3-5-9/h1-5,7,11H,6,8,13H2. The van der Waals surface area contributed by atoms with Crippen LogP contribution in [-0.4, -0.2) is 12.6 Å². The first-order chi connectivity index (χ1) is 7.31. The summed E-state index contributed by atoms with van der Waals surface area (Å²) in [4.78, 5) is 11.4.